The monoisotopic (exact) mass is 1080 g/mol. The molecule has 0 saturated carbocycles. The van der Waals surface area contributed by atoms with Crippen LogP contribution in [0.5, 0.6) is 0 Å². The second-order valence-corrected chi connectivity index (χ2v) is 21.1. The summed E-state index contributed by atoms with van der Waals surface area (Å²) in [6, 6.07) is 43.7. The lowest BCUT2D eigenvalue weighted by Gasteiger charge is -2.16. The van der Waals surface area contributed by atoms with Crippen LogP contribution in [0, 0.1) is 12.3 Å². The summed E-state index contributed by atoms with van der Waals surface area (Å²) in [5.41, 5.74) is 16.7. The lowest BCUT2D eigenvalue weighted by atomic mass is 9.91. The van der Waals surface area contributed by atoms with Crippen molar-refractivity contribution < 1.29 is 30.0 Å². The molecule has 0 aliphatic carbocycles. The fourth-order valence-electron chi connectivity index (χ4n) is 7.10. The molecule has 0 fully saturated rings. The van der Waals surface area contributed by atoms with Crippen molar-refractivity contribution in [3.8, 4) is 0 Å². The summed E-state index contributed by atoms with van der Waals surface area (Å²) >= 11 is 12.0. The van der Waals surface area contributed by atoms with Gasteiger partial charge in [0.15, 0.2) is 0 Å². The van der Waals surface area contributed by atoms with Crippen LogP contribution >= 0.6 is 33.9 Å². The summed E-state index contributed by atoms with van der Waals surface area (Å²) in [6.45, 7) is 5.74. The maximum Gasteiger partial charge on any atom is 0.416 e. The Hall–Kier alpha value is -6.90. The van der Waals surface area contributed by atoms with Crippen LogP contribution in [0.2, 0.25) is 10.0 Å². The number of aliphatic imine (C=N–C) groups is 2. The summed E-state index contributed by atoms with van der Waals surface area (Å²) in [7, 11) is -2.91. The number of hydrazone groups is 2. The van der Waals surface area contributed by atoms with E-state index in [4.69, 9.17) is 50.8 Å². The topological polar surface area (TPSA) is 212 Å². The van der Waals surface area contributed by atoms with Gasteiger partial charge < -0.3 is 11.5 Å². The average molecular weight is 1080 g/mol. The molecular formula is C50H46Cl3F3N10O4S2. The van der Waals surface area contributed by atoms with Crippen molar-refractivity contribution >= 4 is 88.0 Å². The lowest BCUT2D eigenvalue weighted by molar-refractivity contribution is -0.137. The molecule has 2 heterocycles. The molecule has 0 bridgehead atoms. The molecule has 2 atom stereocenters. The predicted molar refractivity (Wildman–Crippen MR) is 280 cm³/mol. The van der Waals surface area contributed by atoms with Crippen LogP contribution in [0.1, 0.15) is 59.1 Å². The Morgan fingerprint density at radius 3 is 1.46 bits per heavy atom. The number of halogens is 6. The van der Waals surface area contributed by atoms with E-state index in [1.807, 2.05) is 79.7 Å². The number of nitrogens with zero attached hydrogens (tertiary/aromatic N) is 7. The molecule has 2 unspecified atom stereocenters. The summed E-state index contributed by atoms with van der Waals surface area (Å²) < 4.78 is 90.0. The third-order valence-electron chi connectivity index (χ3n) is 10.5. The van der Waals surface area contributed by atoms with Gasteiger partial charge in [0, 0.05) is 32.6 Å². The Morgan fingerprint density at radius 1 is 0.625 bits per heavy atom. The van der Waals surface area contributed by atoms with Crippen LogP contribution in [0.4, 0.5) is 13.2 Å². The highest BCUT2D eigenvalue weighted by Gasteiger charge is 2.34. The highest BCUT2D eigenvalue weighted by Crippen LogP contribution is 2.33. The van der Waals surface area contributed by atoms with Crippen molar-refractivity contribution in [2.75, 3.05) is 13.1 Å². The third kappa shape index (κ3) is 14.8. The van der Waals surface area contributed by atoms with E-state index in [0.29, 0.717) is 40.3 Å². The first-order chi connectivity index (χ1) is 34.0. The van der Waals surface area contributed by atoms with E-state index in [-0.39, 0.29) is 41.0 Å². The second kappa shape index (κ2) is 23.6. The summed E-state index contributed by atoms with van der Waals surface area (Å²) in [6.07, 6.45) is -4.60. The van der Waals surface area contributed by atoms with Gasteiger partial charge >= 0.3 is 6.18 Å². The molecule has 14 nitrogen and oxygen atoms in total. The predicted octanol–water partition coefficient (Wildman–Crippen LogP) is 10.7. The zero-order valence-corrected chi connectivity index (χ0v) is 42.5. The summed E-state index contributed by atoms with van der Waals surface area (Å²) in [5, 5.41) is 21.5. The van der Waals surface area contributed by atoms with E-state index in [0.717, 1.165) is 45.7 Å². The van der Waals surface area contributed by atoms with Gasteiger partial charge in [-0.15, -0.1) is 4.40 Å². The number of sulfonamides is 1. The first kappa shape index (κ1) is 54.4. The molecular weight excluding hydrogens is 1030 g/mol. The second-order valence-electron chi connectivity index (χ2n) is 16.0. The first-order valence-corrected chi connectivity index (χ1v) is 26.1. The molecule has 8 rings (SSSR count). The summed E-state index contributed by atoms with van der Waals surface area (Å²) in [5.74, 6) is -0.125. The van der Waals surface area contributed by atoms with Gasteiger partial charge in [0.2, 0.25) is 5.96 Å². The van der Waals surface area contributed by atoms with Crippen molar-refractivity contribution in [3.05, 3.63) is 201 Å². The number of hydrogen-bond acceptors (Lipinski definition) is 7. The number of guanidine groups is 2. The van der Waals surface area contributed by atoms with E-state index >= 15 is 0 Å². The van der Waals surface area contributed by atoms with Crippen LogP contribution in [-0.4, -0.2) is 75.0 Å². The molecule has 5 N–H and O–H groups in total. The minimum Gasteiger partial charge on any atom is -0.387 e. The normalized spacial score (nSPS) is 16.5. The van der Waals surface area contributed by atoms with E-state index in [1.54, 1.807) is 48.3 Å². The third-order valence-corrected chi connectivity index (χ3v) is 13.7. The Labute approximate surface area is 429 Å². The summed E-state index contributed by atoms with van der Waals surface area (Å²) in [4.78, 5) is 7.80. The van der Waals surface area contributed by atoms with Gasteiger partial charge in [-0.2, -0.15) is 41.8 Å². The largest absolute Gasteiger partial charge is 0.416 e. The molecule has 0 spiro atoms. The number of nitrogens with one attached hydrogen (secondary N) is 1. The molecule has 0 saturated heterocycles. The standard InChI is InChI=1S/C25H21ClF3N5O2S.C18H18ClN5.C7H7ClO2S/c1-16(30)31-24(33-37(35,36)21-13-9-19(10-14-21)25(27,28)29)34-15-22(17-5-3-2-4-6-17)23(32-34)18-7-11-20(26)12-8-18;1-12(20)22-18(21)24-11-16(13-5-3-2-4-6-13)17(23-24)14-7-9-15(19)10-8-14;1-6-2-4-7(5-3-6)11(8,9)10/h2-14,22H,15H2,1H3,(H2,30,31,33);2-10,16H,11H2,1H3,(H3,20,21,22);2-5H,1H3. The number of benzene rings is 6. The van der Waals surface area contributed by atoms with E-state index in [1.165, 1.54) is 24.1 Å². The zero-order chi connectivity index (χ0) is 52.4. The van der Waals surface area contributed by atoms with Gasteiger partial charge in [-0.05, 0) is 104 Å². The molecule has 6 aromatic carbocycles. The van der Waals surface area contributed by atoms with E-state index < -0.39 is 35.7 Å². The van der Waals surface area contributed by atoms with Crippen molar-refractivity contribution in [2.24, 2.45) is 36.1 Å². The van der Waals surface area contributed by atoms with Gasteiger partial charge in [-0.3, -0.25) is 5.41 Å². The Morgan fingerprint density at radius 2 is 1.04 bits per heavy atom. The number of alkyl halides is 3. The smallest absolute Gasteiger partial charge is 0.387 e. The van der Waals surface area contributed by atoms with Crippen molar-refractivity contribution in [3.63, 3.8) is 0 Å². The van der Waals surface area contributed by atoms with Gasteiger partial charge in [0.25, 0.3) is 25.0 Å². The average Bonchev–Trinajstić information content (AvgIpc) is 3.99. The Bertz CT molecular complexity index is 3250. The van der Waals surface area contributed by atoms with Gasteiger partial charge in [0.1, 0.15) is 0 Å². The van der Waals surface area contributed by atoms with Crippen LogP contribution in [0.25, 0.3) is 0 Å². The number of aryl methyl sites for hydroxylation is 1. The molecule has 2 aliphatic heterocycles. The van der Waals surface area contributed by atoms with Crippen molar-refractivity contribution in [1.29, 1.82) is 5.41 Å². The van der Waals surface area contributed by atoms with Gasteiger partial charge in [0.05, 0.1) is 51.5 Å². The maximum atomic E-state index is 13.0. The number of amidine groups is 2. The van der Waals surface area contributed by atoms with E-state index in [2.05, 4.69) is 36.7 Å². The minimum absolute atomic E-state index is 0.0211. The van der Waals surface area contributed by atoms with Crippen LogP contribution < -0.4 is 11.5 Å². The molecule has 72 heavy (non-hydrogen) atoms. The highest BCUT2D eigenvalue weighted by molar-refractivity contribution is 8.13. The van der Waals surface area contributed by atoms with Crippen LogP contribution in [0.3, 0.4) is 0 Å². The van der Waals surface area contributed by atoms with Gasteiger partial charge in [-0.1, -0.05) is 126 Å². The fraction of sp³-hybridized carbons (Fsp3) is 0.160. The molecule has 0 aromatic heterocycles. The first-order valence-electron chi connectivity index (χ1n) is 21.6. The van der Waals surface area contributed by atoms with Crippen molar-refractivity contribution in [1.82, 2.24) is 10.0 Å². The number of hydrogen-bond donors (Lipinski definition) is 3. The lowest BCUT2D eigenvalue weighted by Crippen LogP contribution is -2.27. The zero-order valence-electron chi connectivity index (χ0n) is 38.6. The maximum absolute atomic E-state index is 13.0. The van der Waals surface area contributed by atoms with Crippen molar-refractivity contribution in [2.45, 2.75) is 48.6 Å². The Balaban J connectivity index is 0.000000205. The fourth-order valence-corrected chi connectivity index (χ4v) is 9.06. The molecule has 0 amide bonds. The van der Waals surface area contributed by atoms with Gasteiger partial charge in [-0.25, -0.2) is 18.4 Å². The Kier molecular flexibility index (Phi) is 17.8. The SMILES string of the molecule is CC(N)=NC(=N)N1CC(c2ccccc2)C(c2ccc(Cl)cc2)=N1.CC(N)=NC(=NS(=O)(=O)c1ccc(C(F)(F)F)cc1)N1CC(c2ccccc2)C(c2ccc(Cl)cc2)=N1.Cc1ccc(S(=O)(=O)Cl)cc1. The number of nitrogens with two attached hydrogens (primary N) is 2. The highest BCUT2D eigenvalue weighted by atomic mass is 35.7. The molecule has 0 radical (unpaired) electrons. The van der Waals surface area contributed by atoms with E-state index in [9.17, 15) is 30.0 Å². The van der Waals surface area contributed by atoms with Crippen LogP contribution in [-0.2, 0) is 25.3 Å². The quantitative estimate of drug-likeness (QED) is 0.0793. The molecule has 22 heteroatoms. The molecule has 6 aromatic rings. The number of rotatable bonds is 7. The molecule has 2 aliphatic rings. The van der Waals surface area contributed by atoms with Crippen LogP contribution in [0.15, 0.2) is 192 Å². The molecule has 374 valence electrons. The minimum atomic E-state index is -4.60.